The normalized spacial score (nSPS) is 11.0. The van der Waals surface area contributed by atoms with Gasteiger partial charge in [-0.25, -0.2) is 0 Å². The molecule has 9 nitrogen and oxygen atoms in total. The highest BCUT2D eigenvalue weighted by atomic mass is 16.6. The molecule has 2 aromatic rings. The van der Waals surface area contributed by atoms with Gasteiger partial charge in [0, 0.05) is 6.07 Å². The molecule has 0 aliphatic rings. The minimum Gasteiger partial charge on any atom is -0.494 e. The predicted octanol–water partition coefficient (Wildman–Crippen LogP) is 3.74. The number of hydrogen-bond acceptors (Lipinski definition) is 7. The lowest BCUT2D eigenvalue weighted by Gasteiger charge is -2.06. The van der Waals surface area contributed by atoms with Crippen LogP contribution >= 0.6 is 0 Å². The molecule has 0 radical (unpaired) electrons. The van der Waals surface area contributed by atoms with Crippen LogP contribution in [0.2, 0.25) is 0 Å². The molecule has 0 saturated carbocycles. The molecule has 0 heterocycles. The number of hydrogen-bond donors (Lipinski definition) is 1. The summed E-state index contributed by atoms with van der Waals surface area (Å²) in [5.74, 6) is 0.734. The Bertz CT molecular complexity index is 818. The number of anilines is 1. The van der Waals surface area contributed by atoms with Crippen molar-refractivity contribution in [1.82, 2.24) is 0 Å². The third-order valence-corrected chi connectivity index (χ3v) is 3.32. The molecular weight excluding hydrogens is 328 g/mol. The van der Waals surface area contributed by atoms with Gasteiger partial charge in [-0.3, -0.25) is 25.7 Å². The van der Waals surface area contributed by atoms with Crippen molar-refractivity contribution in [1.29, 1.82) is 0 Å². The topological polar surface area (TPSA) is 120 Å². The first-order chi connectivity index (χ1) is 11.9. The van der Waals surface area contributed by atoms with Crippen LogP contribution in [0.25, 0.3) is 0 Å². The number of ether oxygens (including phenoxy) is 1. The van der Waals surface area contributed by atoms with E-state index in [0.29, 0.717) is 12.3 Å². The third-order valence-electron chi connectivity index (χ3n) is 3.32. The lowest BCUT2D eigenvalue weighted by molar-refractivity contribution is -0.393. The second-order valence-corrected chi connectivity index (χ2v) is 4.98. The summed E-state index contributed by atoms with van der Waals surface area (Å²) < 4.78 is 5.36. The lowest BCUT2D eigenvalue weighted by Crippen LogP contribution is -2.02. The lowest BCUT2D eigenvalue weighted by atomic mass is 10.1. The molecule has 2 rings (SSSR count). The summed E-state index contributed by atoms with van der Waals surface area (Å²) in [6.07, 6.45) is 0. The quantitative estimate of drug-likeness (QED) is 0.464. The van der Waals surface area contributed by atoms with Gasteiger partial charge in [-0.1, -0.05) is 0 Å². The molecule has 9 heteroatoms. The zero-order valence-corrected chi connectivity index (χ0v) is 13.6. The number of nitro benzene ring substituents is 2. The van der Waals surface area contributed by atoms with Crippen molar-refractivity contribution in [2.75, 3.05) is 12.0 Å². The molecule has 0 spiro atoms. The third kappa shape index (κ3) is 4.50. The van der Waals surface area contributed by atoms with E-state index in [1.54, 1.807) is 19.1 Å². The molecule has 0 unspecified atom stereocenters. The molecule has 0 bridgehead atoms. The molecule has 0 fully saturated rings. The molecule has 0 atom stereocenters. The van der Waals surface area contributed by atoms with Crippen LogP contribution in [-0.4, -0.2) is 22.2 Å². The highest BCUT2D eigenvalue weighted by Gasteiger charge is 2.19. The van der Waals surface area contributed by atoms with Crippen molar-refractivity contribution in [3.63, 3.8) is 0 Å². The number of nitrogens with zero attached hydrogens (tertiary/aromatic N) is 3. The van der Waals surface area contributed by atoms with E-state index in [0.717, 1.165) is 17.4 Å². The van der Waals surface area contributed by atoms with Crippen molar-refractivity contribution in [3.05, 3.63) is 68.3 Å². The standard InChI is InChI=1S/C16H16N4O5/c1-3-25-14-7-4-12(5-8-14)11(2)17-18-15-9-6-13(19(21)22)10-16(15)20(23)24/h4-10,18H,3H2,1-2H3/b17-11+. The van der Waals surface area contributed by atoms with E-state index in [1.165, 1.54) is 12.1 Å². The second-order valence-electron chi connectivity index (χ2n) is 4.98. The molecule has 0 saturated heterocycles. The van der Waals surface area contributed by atoms with E-state index in [1.807, 2.05) is 19.1 Å². The van der Waals surface area contributed by atoms with Crippen LogP contribution in [-0.2, 0) is 0 Å². The fourth-order valence-corrected chi connectivity index (χ4v) is 2.05. The molecule has 0 amide bonds. The number of hydrazone groups is 1. The summed E-state index contributed by atoms with van der Waals surface area (Å²) in [6.45, 7) is 4.19. The Kier molecular flexibility index (Phi) is 5.62. The van der Waals surface area contributed by atoms with Gasteiger partial charge in [-0.05, 0) is 49.7 Å². The van der Waals surface area contributed by atoms with Gasteiger partial charge in [0.25, 0.3) is 5.69 Å². The molecular formula is C16H16N4O5. The Morgan fingerprint density at radius 1 is 1.12 bits per heavy atom. The summed E-state index contributed by atoms with van der Waals surface area (Å²) in [5.41, 5.74) is 3.28. The first kappa shape index (κ1) is 17.9. The van der Waals surface area contributed by atoms with Gasteiger partial charge in [-0.2, -0.15) is 5.10 Å². The molecule has 0 aliphatic heterocycles. The summed E-state index contributed by atoms with van der Waals surface area (Å²) >= 11 is 0. The Morgan fingerprint density at radius 2 is 1.80 bits per heavy atom. The maximum absolute atomic E-state index is 11.1. The average Bonchev–Trinajstić information content (AvgIpc) is 2.60. The van der Waals surface area contributed by atoms with Gasteiger partial charge in [-0.15, -0.1) is 0 Å². The van der Waals surface area contributed by atoms with Crippen LogP contribution in [0.1, 0.15) is 19.4 Å². The first-order valence-electron chi connectivity index (χ1n) is 7.38. The monoisotopic (exact) mass is 344 g/mol. The van der Waals surface area contributed by atoms with Gasteiger partial charge < -0.3 is 4.74 Å². The molecule has 0 aromatic heterocycles. The summed E-state index contributed by atoms with van der Waals surface area (Å²) in [5, 5.41) is 25.9. The van der Waals surface area contributed by atoms with Crippen molar-refractivity contribution < 1.29 is 14.6 Å². The minimum atomic E-state index is -0.697. The SMILES string of the molecule is CCOc1ccc(/C(C)=N/Nc2ccc([N+](=O)[O-])cc2[N+](=O)[O-])cc1. The van der Waals surface area contributed by atoms with Gasteiger partial charge >= 0.3 is 5.69 Å². The Labute approximate surface area is 143 Å². The zero-order chi connectivity index (χ0) is 18.4. The zero-order valence-electron chi connectivity index (χ0n) is 13.6. The number of nitro groups is 2. The fourth-order valence-electron chi connectivity index (χ4n) is 2.05. The Morgan fingerprint density at radius 3 is 2.36 bits per heavy atom. The molecule has 1 N–H and O–H groups in total. The van der Waals surface area contributed by atoms with Crippen molar-refractivity contribution in [2.45, 2.75) is 13.8 Å². The average molecular weight is 344 g/mol. The first-order valence-corrected chi connectivity index (χ1v) is 7.38. The highest BCUT2D eigenvalue weighted by Crippen LogP contribution is 2.29. The smallest absolute Gasteiger partial charge is 0.301 e. The van der Waals surface area contributed by atoms with E-state index in [9.17, 15) is 20.2 Å². The van der Waals surface area contributed by atoms with Gasteiger partial charge in [0.2, 0.25) is 0 Å². The number of benzene rings is 2. The summed E-state index contributed by atoms with van der Waals surface area (Å²) in [7, 11) is 0. The predicted molar refractivity (Wildman–Crippen MR) is 93.2 cm³/mol. The van der Waals surface area contributed by atoms with Crippen LogP contribution < -0.4 is 10.2 Å². The second kappa shape index (κ2) is 7.86. The maximum Gasteiger partial charge on any atom is 0.301 e. The van der Waals surface area contributed by atoms with E-state index in [4.69, 9.17) is 4.74 Å². The van der Waals surface area contributed by atoms with E-state index in [-0.39, 0.29) is 11.4 Å². The van der Waals surface area contributed by atoms with Crippen LogP contribution in [0.15, 0.2) is 47.6 Å². The Balaban J connectivity index is 2.22. The van der Waals surface area contributed by atoms with Crippen LogP contribution in [0, 0.1) is 20.2 Å². The number of rotatable bonds is 7. The maximum atomic E-state index is 11.1. The highest BCUT2D eigenvalue weighted by molar-refractivity contribution is 5.99. The Hall–Kier alpha value is -3.49. The molecule has 130 valence electrons. The van der Waals surface area contributed by atoms with Crippen LogP contribution in [0.4, 0.5) is 17.1 Å². The van der Waals surface area contributed by atoms with Gasteiger partial charge in [0.05, 0.1) is 28.2 Å². The molecule has 0 aliphatic carbocycles. The number of nitrogens with one attached hydrogen (secondary N) is 1. The summed E-state index contributed by atoms with van der Waals surface area (Å²) in [4.78, 5) is 20.4. The number of non-ortho nitro benzene ring substituents is 1. The van der Waals surface area contributed by atoms with E-state index < -0.39 is 15.5 Å². The van der Waals surface area contributed by atoms with Crippen molar-refractivity contribution in [3.8, 4) is 5.75 Å². The van der Waals surface area contributed by atoms with Crippen LogP contribution in [0.3, 0.4) is 0 Å². The minimum absolute atomic E-state index is 0.0703. The van der Waals surface area contributed by atoms with E-state index >= 15 is 0 Å². The fraction of sp³-hybridized carbons (Fsp3) is 0.188. The summed E-state index contributed by atoms with van der Waals surface area (Å²) in [6, 6.07) is 10.6. The van der Waals surface area contributed by atoms with Gasteiger partial charge in [0.1, 0.15) is 11.4 Å². The van der Waals surface area contributed by atoms with E-state index in [2.05, 4.69) is 10.5 Å². The largest absolute Gasteiger partial charge is 0.494 e. The van der Waals surface area contributed by atoms with Crippen molar-refractivity contribution >= 4 is 22.8 Å². The molecule has 25 heavy (non-hydrogen) atoms. The van der Waals surface area contributed by atoms with Crippen molar-refractivity contribution in [2.24, 2.45) is 5.10 Å². The van der Waals surface area contributed by atoms with Crippen LogP contribution in [0.5, 0.6) is 5.75 Å². The molecule has 2 aromatic carbocycles. The van der Waals surface area contributed by atoms with Gasteiger partial charge in [0.15, 0.2) is 0 Å².